The zero-order valence-electron chi connectivity index (χ0n) is 14.3. The first-order valence-corrected chi connectivity index (χ1v) is 10.5. The third kappa shape index (κ3) is 4.93. The van der Waals surface area contributed by atoms with Gasteiger partial charge in [-0.3, -0.25) is 9.59 Å². The van der Waals surface area contributed by atoms with Gasteiger partial charge in [-0.2, -0.15) is 0 Å². The van der Waals surface area contributed by atoms with Crippen molar-refractivity contribution in [3.05, 3.63) is 39.0 Å². The summed E-state index contributed by atoms with van der Waals surface area (Å²) in [6, 6.07) is 5.58. The summed E-state index contributed by atoms with van der Waals surface area (Å²) in [4.78, 5) is 25.4. The number of amides is 2. The van der Waals surface area contributed by atoms with Gasteiger partial charge in [0.2, 0.25) is 5.91 Å². The lowest BCUT2D eigenvalue weighted by atomic mass is 10.2. The molecule has 1 aromatic heterocycles. The van der Waals surface area contributed by atoms with Crippen LogP contribution in [-0.4, -0.2) is 30.7 Å². The van der Waals surface area contributed by atoms with Gasteiger partial charge < -0.3 is 15.4 Å². The quantitative estimate of drug-likeness (QED) is 0.679. The van der Waals surface area contributed by atoms with Crippen LogP contribution in [0, 0.1) is 6.92 Å². The molecule has 2 heterocycles. The average Bonchev–Trinajstić information content (AvgIpc) is 3.00. The minimum Gasteiger partial charge on any atom is -0.482 e. The Morgan fingerprint density at radius 3 is 3.08 bits per heavy atom. The van der Waals surface area contributed by atoms with Gasteiger partial charge in [0.05, 0.1) is 10.7 Å². The summed E-state index contributed by atoms with van der Waals surface area (Å²) in [6.45, 7) is 2.74. The molecular formula is C18H19ClN2O3S2. The summed E-state index contributed by atoms with van der Waals surface area (Å²) in [5.41, 5.74) is 1.86. The summed E-state index contributed by atoms with van der Waals surface area (Å²) in [6.07, 6.45) is 1.28. The van der Waals surface area contributed by atoms with Gasteiger partial charge in [0.1, 0.15) is 5.75 Å². The SMILES string of the molecule is Cc1ccsc1CCNC(=O)CCSc1cc2c(cc1Cl)NC(=O)CO2. The Hall–Kier alpha value is -1.70. The number of nitrogens with one attached hydrogen (secondary N) is 2. The maximum absolute atomic E-state index is 12.0. The van der Waals surface area contributed by atoms with Crippen molar-refractivity contribution in [1.29, 1.82) is 0 Å². The van der Waals surface area contributed by atoms with E-state index in [1.807, 2.05) is 0 Å². The van der Waals surface area contributed by atoms with E-state index in [9.17, 15) is 9.59 Å². The minimum absolute atomic E-state index is 0.00482. The van der Waals surface area contributed by atoms with E-state index in [1.165, 1.54) is 22.2 Å². The number of rotatable bonds is 7. The largest absolute Gasteiger partial charge is 0.482 e. The molecule has 1 aliphatic heterocycles. The number of fused-ring (bicyclic) bond motifs is 1. The van der Waals surface area contributed by atoms with Gasteiger partial charge in [0, 0.05) is 28.5 Å². The molecule has 2 aromatic rings. The number of ether oxygens (including phenoxy) is 1. The zero-order chi connectivity index (χ0) is 18.5. The smallest absolute Gasteiger partial charge is 0.262 e. The van der Waals surface area contributed by atoms with Gasteiger partial charge in [-0.1, -0.05) is 11.6 Å². The average molecular weight is 411 g/mol. The maximum atomic E-state index is 12.0. The van der Waals surface area contributed by atoms with Crippen molar-refractivity contribution in [2.75, 3.05) is 24.2 Å². The molecule has 0 saturated carbocycles. The maximum Gasteiger partial charge on any atom is 0.262 e. The number of aryl methyl sites for hydroxylation is 1. The number of hydrogen-bond acceptors (Lipinski definition) is 5. The van der Waals surface area contributed by atoms with Gasteiger partial charge >= 0.3 is 0 Å². The van der Waals surface area contributed by atoms with Crippen molar-refractivity contribution in [3.8, 4) is 5.75 Å². The van der Waals surface area contributed by atoms with Gasteiger partial charge in [0.25, 0.3) is 5.91 Å². The monoisotopic (exact) mass is 410 g/mol. The van der Waals surface area contributed by atoms with Gasteiger partial charge in [0.15, 0.2) is 6.61 Å². The van der Waals surface area contributed by atoms with E-state index in [0.29, 0.717) is 35.2 Å². The van der Waals surface area contributed by atoms with E-state index < -0.39 is 0 Å². The van der Waals surface area contributed by atoms with Crippen LogP contribution in [0.5, 0.6) is 5.75 Å². The molecule has 0 spiro atoms. The Bertz CT molecular complexity index is 823. The molecule has 2 amide bonds. The second-order valence-electron chi connectivity index (χ2n) is 5.84. The third-order valence-electron chi connectivity index (χ3n) is 3.90. The molecule has 1 aliphatic rings. The van der Waals surface area contributed by atoms with Crippen LogP contribution in [0.4, 0.5) is 5.69 Å². The van der Waals surface area contributed by atoms with Crippen molar-refractivity contribution < 1.29 is 14.3 Å². The minimum atomic E-state index is -0.191. The van der Waals surface area contributed by atoms with Crippen molar-refractivity contribution >= 4 is 52.2 Å². The molecule has 1 aromatic carbocycles. The Labute approximate surface area is 165 Å². The zero-order valence-corrected chi connectivity index (χ0v) is 16.7. The van der Waals surface area contributed by atoms with Crippen LogP contribution in [0.25, 0.3) is 0 Å². The molecule has 8 heteroatoms. The molecule has 0 unspecified atom stereocenters. The fourth-order valence-corrected chi connectivity index (χ4v) is 4.64. The normalized spacial score (nSPS) is 12.9. The number of benzene rings is 1. The lowest BCUT2D eigenvalue weighted by molar-refractivity contribution is -0.120. The predicted octanol–water partition coefficient (Wildman–Crippen LogP) is 3.88. The third-order valence-corrected chi connectivity index (χ3v) is 6.46. The van der Waals surface area contributed by atoms with E-state index in [4.69, 9.17) is 16.3 Å². The highest BCUT2D eigenvalue weighted by Crippen LogP contribution is 2.38. The van der Waals surface area contributed by atoms with Crippen LogP contribution in [0.3, 0.4) is 0 Å². The standard InChI is InChI=1S/C18H19ClN2O3S2/c1-11-3-6-25-15(11)2-5-20-17(22)4-7-26-16-9-14-13(8-12(16)19)21-18(23)10-24-14/h3,6,8-9H,2,4-5,7,10H2,1H3,(H,20,22)(H,21,23). The summed E-state index contributed by atoms with van der Waals surface area (Å²) in [5, 5.41) is 8.28. The van der Waals surface area contributed by atoms with E-state index in [1.54, 1.807) is 23.5 Å². The Kier molecular flexibility index (Phi) is 6.45. The molecule has 0 atom stereocenters. The second kappa shape index (κ2) is 8.79. The number of carbonyl (C=O) groups is 2. The van der Waals surface area contributed by atoms with E-state index in [0.717, 1.165) is 11.3 Å². The predicted molar refractivity (Wildman–Crippen MR) is 107 cm³/mol. The summed E-state index contributed by atoms with van der Waals surface area (Å²) >= 11 is 9.47. The first kappa shape index (κ1) is 19.1. The molecule has 138 valence electrons. The summed E-state index contributed by atoms with van der Waals surface area (Å²) in [5.74, 6) is 1.06. The van der Waals surface area contributed by atoms with Crippen LogP contribution in [0.15, 0.2) is 28.5 Å². The van der Waals surface area contributed by atoms with Crippen LogP contribution in [0.2, 0.25) is 5.02 Å². The number of halogens is 1. The lowest BCUT2D eigenvalue weighted by Gasteiger charge is -2.19. The lowest BCUT2D eigenvalue weighted by Crippen LogP contribution is -2.26. The molecule has 5 nitrogen and oxygen atoms in total. The molecule has 0 bridgehead atoms. The molecule has 26 heavy (non-hydrogen) atoms. The van der Waals surface area contributed by atoms with Crippen LogP contribution >= 0.6 is 34.7 Å². The summed E-state index contributed by atoms with van der Waals surface area (Å²) in [7, 11) is 0. The number of carbonyl (C=O) groups excluding carboxylic acids is 2. The highest BCUT2D eigenvalue weighted by atomic mass is 35.5. The van der Waals surface area contributed by atoms with E-state index in [2.05, 4.69) is 29.0 Å². The molecule has 0 radical (unpaired) electrons. The summed E-state index contributed by atoms with van der Waals surface area (Å²) < 4.78 is 5.39. The molecule has 0 fully saturated rings. The van der Waals surface area contributed by atoms with E-state index in [-0.39, 0.29) is 18.4 Å². The molecule has 3 rings (SSSR count). The van der Waals surface area contributed by atoms with Crippen LogP contribution in [-0.2, 0) is 16.0 Å². The molecule has 0 aliphatic carbocycles. The fourth-order valence-electron chi connectivity index (χ4n) is 2.51. The van der Waals surface area contributed by atoms with E-state index >= 15 is 0 Å². The Balaban J connectivity index is 1.43. The van der Waals surface area contributed by atoms with Crippen molar-refractivity contribution in [3.63, 3.8) is 0 Å². The number of hydrogen-bond donors (Lipinski definition) is 2. The molecule has 2 N–H and O–H groups in total. The highest BCUT2D eigenvalue weighted by molar-refractivity contribution is 7.99. The van der Waals surface area contributed by atoms with Crippen molar-refractivity contribution in [2.24, 2.45) is 0 Å². The van der Waals surface area contributed by atoms with Gasteiger partial charge in [-0.25, -0.2) is 0 Å². The first-order valence-electron chi connectivity index (χ1n) is 8.21. The first-order chi connectivity index (χ1) is 12.5. The highest BCUT2D eigenvalue weighted by Gasteiger charge is 2.18. The Morgan fingerprint density at radius 1 is 1.46 bits per heavy atom. The van der Waals surface area contributed by atoms with Crippen molar-refractivity contribution in [2.45, 2.75) is 24.7 Å². The van der Waals surface area contributed by atoms with Gasteiger partial charge in [-0.05, 0) is 42.5 Å². The van der Waals surface area contributed by atoms with Crippen molar-refractivity contribution in [1.82, 2.24) is 5.32 Å². The molecular weight excluding hydrogens is 392 g/mol. The Morgan fingerprint density at radius 2 is 2.31 bits per heavy atom. The number of anilines is 1. The topological polar surface area (TPSA) is 67.4 Å². The number of thioether (sulfide) groups is 1. The van der Waals surface area contributed by atoms with Crippen LogP contribution < -0.4 is 15.4 Å². The van der Waals surface area contributed by atoms with Gasteiger partial charge in [-0.15, -0.1) is 23.1 Å². The molecule has 0 saturated heterocycles. The second-order valence-corrected chi connectivity index (χ2v) is 8.39. The fraction of sp³-hybridized carbons (Fsp3) is 0.333. The van der Waals surface area contributed by atoms with Crippen LogP contribution in [0.1, 0.15) is 16.9 Å². The number of thiophene rings is 1.